The molecular weight excluding hydrogens is 613 g/mol. The maximum atomic E-state index is 9.73. The van der Waals surface area contributed by atoms with Gasteiger partial charge in [0.1, 0.15) is 11.2 Å². The summed E-state index contributed by atoms with van der Waals surface area (Å²) >= 11 is 0. The molecule has 0 saturated heterocycles. The van der Waals surface area contributed by atoms with Gasteiger partial charge in [0.15, 0.2) is 0 Å². The molecule has 0 amide bonds. The monoisotopic (exact) mass is 640 g/mol. The van der Waals surface area contributed by atoms with Gasteiger partial charge >= 0.3 is 0 Å². The third-order valence-electron chi connectivity index (χ3n) is 10.0. The molecule has 0 atom stereocenters. The zero-order chi connectivity index (χ0) is 33.3. The Balaban J connectivity index is 1.30. The van der Waals surface area contributed by atoms with Crippen LogP contribution in [0.4, 0.5) is 0 Å². The van der Waals surface area contributed by atoms with Gasteiger partial charge in [0.05, 0.1) is 51.3 Å². The van der Waals surface area contributed by atoms with E-state index in [-0.39, 0.29) is 0 Å². The highest BCUT2D eigenvalue weighted by Crippen LogP contribution is 2.45. The molecule has 0 radical (unpaired) electrons. The van der Waals surface area contributed by atoms with Crippen LogP contribution in [0.5, 0.6) is 0 Å². The van der Waals surface area contributed by atoms with E-state index < -0.39 is 0 Å². The molecule has 5 heteroatoms. The van der Waals surface area contributed by atoms with Crippen molar-refractivity contribution in [2.24, 2.45) is 4.99 Å². The van der Waals surface area contributed by atoms with E-state index in [0.717, 1.165) is 93.6 Å². The van der Waals surface area contributed by atoms with Crippen molar-refractivity contribution in [1.82, 2.24) is 9.13 Å². The number of hydrogen-bond donors (Lipinski definition) is 0. The average molecular weight is 641 g/mol. The molecular formula is C45H28N4O. The predicted octanol–water partition coefficient (Wildman–Crippen LogP) is 11.5. The maximum Gasteiger partial charge on any atom is 0.145 e. The molecule has 5 nitrogen and oxygen atoms in total. The minimum Gasteiger partial charge on any atom is -0.455 e. The van der Waals surface area contributed by atoms with Crippen LogP contribution >= 0.6 is 0 Å². The highest BCUT2D eigenvalue weighted by molar-refractivity contribution is 6.25. The number of furan rings is 1. The number of aromatic nitrogens is 2. The Labute approximate surface area is 287 Å². The molecule has 10 aromatic rings. The third-order valence-corrected chi connectivity index (χ3v) is 10.0. The molecule has 10 rings (SSSR count). The Bertz CT molecular complexity index is 3040. The number of aliphatic imine (C=N–C) groups is 1. The fourth-order valence-corrected chi connectivity index (χ4v) is 7.90. The van der Waals surface area contributed by atoms with E-state index in [2.05, 4.69) is 154 Å². The summed E-state index contributed by atoms with van der Waals surface area (Å²) in [7, 11) is 0. The lowest BCUT2D eigenvalue weighted by Crippen LogP contribution is -1.99. The normalized spacial score (nSPS) is 11.7. The summed E-state index contributed by atoms with van der Waals surface area (Å²) < 4.78 is 11.7. The third kappa shape index (κ3) is 3.97. The Morgan fingerprint density at radius 2 is 1.26 bits per heavy atom. The van der Waals surface area contributed by atoms with Gasteiger partial charge in [-0.05, 0) is 79.0 Å². The highest BCUT2D eigenvalue weighted by Gasteiger charge is 2.22. The molecule has 0 aliphatic rings. The van der Waals surface area contributed by atoms with Gasteiger partial charge in [0, 0.05) is 43.7 Å². The molecule has 0 spiro atoms. The summed E-state index contributed by atoms with van der Waals surface area (Å²) in [5.41, 5.74) is 11.9. The van der Waals surface area contributed by atoms with Crippen LogP contribution in [0.25, 0.3) is 88.1 Å². The smallest absolute Gasteiger partial charge is 0.145 e. The lowest BCUT2D eigenvalue weighted by Gasteiger charge is -2.16. The van der Waals surface area contributed by atoms with Crippen LogP contribution < -0.4 is 0 Å². The molecule has 50 heavy (non-hydrogen) atoms. The van der Waals surface area contributed by atoms with Crippen molar-refractivity contribution in [3.8, 4) is 28.6 Å². The van der Waals surface area contributed by atoms with Crippen LogP contribution in [0.15, 0.2) is 155 Å². The van der Waals surface area contributed by atoms with Crippen LogP contribution in [-0.2, 0) is 6.54 Å². The van der Waals surface area contributed by atoms with Crippen molar-refractivity contribution in [2.75, 3.05) is 0 Å². The number of nitriles is 1. The van der Waals surface area contributed by atoms with Crippen LogP contribution in [0.1, 0.15) is 11.1 Å². The highest BCUT2D eigenvalue weighted by atomic mass is 16.3. The van der Waals surface area contributed by atoms with Crippen LogP contribution in [-0.4, -0.2) is 15.9 Å². The lowest BCUT2D eigenvalue weighted by atomic mass is 9.98. The molecule has 0 unspecified atom stereocenters. The van der Waals surface area contributed by atoms with Gasteiger partial charge in [-0.2, -0.15) is 5.26 Å². The van der Waals surface area contributed by atoms with Crippen LogP contribution in [0, 0.1) is 11.3 Å². The number of para-hydroxylation sites is 4. The van der Waals surface area contributed by atoms with E-state index in [1.54, 1.807) is 0 Å². The second-order valence-corrected chi connectivity index (χ2v) is 12.7. The SMILES string of the molecule is C=NCc1ccc(-n2c3ccccc3c3cc(C#N)ccc32)c(-c2cccc3c2oc2c3ccc3c2c2ccccc2n3-c2ccccc2)c1. The first kappa shape index (κ1) is 28.1. The number of benzene rings is 7. The number of rotatable bonds is 5. The summed E-state index contributed by atoms with van der Waals surface area (Å²) in [6.07, 6.45) is 0. The number of nitrogens with zero attached hydrogens (tertiary/aromatic N) is 4. The van der Waals surface area contributed by atoms with Crippen LogP contribution in [0.3, 0.4) is 0 Å². The molecule has 3 aromatic heterocycles. The standard InChI is InChI=1S/C45H28N4O/c1-47-27-29-19-22-41(49-38-16-7-5-12-31(38)36-24-28(26-46)18-21-40(36)49)37(25-29)33-15-9-14-32-34-20-23-42-43(45(34)50-44(32)33)35-13-6-8-17-39(35)48(42)30-10-3-2-4-11-30/h2-25H,1,27H2. The van der Waals surface area contributed by atoms with Crippen molar-refractivity contribution in [2.45, 2.75) is 6.54 Å². The molecule has 0 bridgehead atoms. The largest absolute Gasteiger partial charge is 0.455 e. The van der Waals surface area contributed by atoms with Crippen LogP contribution in [0.2, 0.25) is 0 Å². The van der Waals surface area contributed by atoms with Gasteiger partial charge in [-0.3, -0.25) is 4.99 Å². The van der Waals surface area contributed by atoms with Crippen molar-refractivity contribution in [3.63, 3.8) is 0 Å². The zero-order valence-corrected chi connectivity index (χ0v) is 27.0. The first-order chi connectivity index (χ1) is 24.7. The quantitative estimate of drug-likeness (QED) is 0.176. The van der Waals surface area contributed by atoms with E-state index in [0.29, 0.717) is 12.1 Å². The molecule has 0 aliphatic carbocycles. The summed E-state index contributed by atoms with van der Waals surface area (Å²) in [5, 5.41) is 16.3. The Kier molecular flexibility index (Phi) is 6.09. The van der Waals surface area contributed by atoms with Gasteiger partial charge < -0.3 is 13.6 Å². The molecule has 3 heterocycles. The predicted molar refractivity (Wildman–Crippen MR) is 206 cm³/mol. The molecule has 0 N–H and O–H groups in total. The summed E-state index contributed by atoms with van der Waals surface area (Å²) in [6.45, 7) is 4.28. The molecule has 234 valence electrons. The van der Waals surface area contributed by atoms with E-state index in [1.807, 2.05) is 18.2 Å². The average Bonchev–Trinajstić information content (AvgIpc) is 3.83. The zero-order valence-electron chi connectivity index (χ0n) is 27.0. The summed E-state index contributed by atoms with van der Waals surface area (Å²) in [5.74, 6) is 0. The first-order valence-electron chi connectivity index (χ1n) is 16.7. The van der Waals surface area contributed by atoms with E-state index in [1.165, 1.54) is 0 Å². The summed E-state index contributed by atoms with van der Waals surface area (Å²) in [4.78, 5) is 4.23. The molecule has 7 aromatic carbocycles. The second-order valence-electron chi connectivity index (χ2n) is 12.7. The summed E-state index contributed by atoms with van der Waals surface area (Å²) in [6, 6.07) is 53.1. The van der Waals surface area contributed by atoms with E-state index in [4.69, 9.17) is 4.42 Å². The topological polar surface area (TPSA) is 59.1 Å². The Morgan fingerprint density at radius 1 is 0.560 bits per heavy atom. The molecule has 0 saturated carbocycles. The number of hydrogen-bond acceptors (Lipinski definition) is 3. The van der Waals surface area contributed by atoms with Crippen molar-refractivity contribution in [3.05, 3.63) is 157 Å². The van der Waals surface area contributed by atoms with Gasteiger partial charge in [0.25, 0.3) is 0 Å². The Morgan fingerprint density at radius 3 is 2.08 bits per heavy atom. The first-order valence-corrected chi connectivity index (χ1v) is 16.7. The minimum absolute atomic E-state index is 0.502. The maximum absolute atomic E-state index is 9.73. The van der Waals surface area contributed by atoms with Crippen molar-refractivity contribution in [1.29, 1.82) is 5.26 Å². The lowest BCUT2D eigenvalue weighted by molar-refractivity contribution is 0.674. The fraction of sp³-hybridized carbons (Fsp3) is 0.0222. The van der Waals surface area contributed by atoms with E-state index in [9.17, 15) is 5.26 Å². The van der Waals surface area contributed by atoms with Gasteiger partial charge in [-0.15, -0.1) is 0 Å². The van der Waals surface area contributed by atoms with Gasteiger partial charge in [-0.25, -0.2) is 0 Å². The van der Waals surface area contributed by atoms with E-state index >= 15 is 0 Å². The minimum atomic E-state index is 0.502. The van der Waals surface area contributed by atoms with Gasteiger partial charge in [-0.1, -0.05) is 78.9 Å². The fourth-order valence-electron chi connectivity index (χ4n) is 7.90. The second kappa shape index (κ2) is 10.8. The number of fused-ring (bicyclic) bond motifs is 10. The van der Waals surface area contributed by atoms with Gasteiger partial charge in [0.2, 0.25) is 0 Å². The Hall–Kier alpha value is -6.90. The molecule has 0 fully saturated rings. The molecule has 0 aliphatic heterocycles. The van der Waals surface area contributed by atoms with Crippen molar-refractivity contribution < 1.29 is 4.42 Å². The van der Waals surface area contributed by atoms with Crippen molar-refractivity contribution >= 4 is 72.3 Å².